The number of amides is 3. The molecule has 4 rings (SSSR count). The van der Waals surface area contributed by atoms with Gasteiger partial charge >= 0.3 is 0 Å². The summed E-state index contributed by atoms with van der Waals surface area (Å²) in [7, 11) is 0. The van der Waals surface area contributed by atoms with E-state index in [1.54, 1.807) is 11.0 Å². The van der Waals surface area contributed by atoms with Crippen LogP contribution in [0.4, 0.5) is 5.69 Å². The third-order valence-electron chi connectivity index (χ3n) is 5.56. The van der Waals surface area contributed by atoms with E-state index in [1.807, 2.05) is 30.9 Å². The van der Waals surface area contributed by atoms with Crippen molar-refractivity contribution in [3.05, 3.63) is 29.3 Å². The van der Waals surface area contributed by atoms with Crippen LogP contribution < -0.4 is 5.32 Å². The van der Waals surface area contributed by atoms with E-state index in [-0.39, 0.29) is 23.6 Å². The van der Waals surface area contributed by atoms with Crippen molar-refractivity contribution in [1.82, 2.24) is 9.80 Å². The highest BCUT2D eigenvalue weighted by Gasteiger charge is 2.39. The summed E-state index contributed by atoms with van der Waals surface area (Å²) in [5, 5.41) is 2.86. The minimum Gasteiger partial charge on any atom is -0.339 e. The molecule has 0 radical (unpaired) electrons. The lowest BCUT2D eigenvalue weighted by molar-refractivity contribution is -0.134. The highest BCUT2D eigenvalue weighted by molar-refractivity contribution is 6.07. The second kappa shape index (κ2) is 5.58. The summed E-state index contributed by atoms with van der Waals surface area (Å²) in [6, 6.07) is 5.41. The van der Waals surface area contributed by atoms with Gasteiger partial charge in [-0.25, -0.2) is 0 Å². The number of hydrogen-bond acceptors (Lipinski definition) is 3. The fourth-order valence-electron chi connectivity index (χ4n) is 3.61. The molecule has 0 spiro atoms. The largest absolute Gasteiger partial charge is 0.339 e. The molecule has 0 bridgehead atoms. The number of anilines is 1. The highest BCUT2D eigenvalue weighted by Crippen LogP contribution is 2.38. The minimum atomic E-state index is -0.624. The van der Waals surface area contributed by atoms with Crippen molar-refractivity contribution >= 4 is 23.4 Å². The van der Waals surface area contributed by atoms with Gasteiger partial charge in [0.05, 0.1) is 5.41 Å². The number of benzene rings is 1. The normalized spacial score (nSPS) is 21.8. The second-order valence-corrected chi connectivity index (χ2v) is 7.73. The zero-order valence-corrected chi connectivity index (χ0v) is 14.7. The first-order valence-electron chi connectivity index (χ1n) is 8.92. The molecule has 1 saturated carbocycles. The number of piperazine rings is 1. The Kier molecular flexibility index (Phi) is 3.60. The van der Waals surface area contributed by atoms with E-state index < -0.39 is 5.41 Å². The van der Waals surface area contributed by atoms with Crippen LogP contribution in [0.5, 0.6) is 0 Å². The van der Waals surface area contributed by atoms with Gasteiger partial charge in [0.15, 0.2) is 0 Å². The van der Waals surface area contributed by atoms with Gasteiger partial charge in [0.1, 0.15) is 0 Å². The van der Waals surface area contributed by atoms with Crippen molar-refractivity contribution in [2.24, 2.45) is 5.92 Å². The maximum atomic E-state index is 12.8. The predicted molar refractivity (Wildman–Crippen MR) is 93.3 cm³/mol. The summed E-state index contributed by atoms with van der Waals surface area (Å²) in [6.45, 7) is 6.08. The molecule has 3 amide bonds. The highest BCUT2D eigenvalue weighted by atomic mass is 16.2. The lowest BCUT2D eigenvalue weighted by atomic mass is 9.85. The van der Waals surface area contributed by atoms with Crippen LogP contribution in [0, 0.1) is 5.92 Å². The molecule has 2 heterocycles. The Bertz CT molecular complexity index is 759. The second-order valence-electron chi connectivity index (χ2n) is 7.73. The van der Waals surface area contributed by atoms with Crippen molar-refractivity contribution in [3.63, 3.8) is 0 Å². The molecule has 1 aromatic rings. The topological polar surface area (TPSA) is 69.7 Å². The van der Waals surface area contributed by atoms with Crippen LogP contribution in [-0.4, -0.2) is 53.7 Å². The quantitative estimate of drug-likeness (QED) is 0.888. The van der Waals surface area contributed by atoms with Crippen molar-refractivity contribution < 1.29 is 14.4 Å². The van der Waals surface area contributed by atoms with E-state index >= 15 is 0 Å². The fourth-order valence-corrected chi connectivity index (χ4v) is 3.61. The molecular weight excluding hydrogens is 318 g/mol. The van der Waals surface area contributed by atoms with Gasteiger partial charge in [0.2, 0.25) is 11.8 Å². The maximum absolute atomic E-state index is 12.8. The van der Waals surface area contributed by atoms with E-state index in [4.69, 9.17) is 0 Å². The maximum Gasteiger partial charge on any atom is 0.253 e. The molecule has 25 heavy (non-hydrogen) atoms. The van der Waals surface area contributed by atoms with E-state index in [0.717, 1.165) is 24.1 Å². The van der Waals surface area contributed by atoms with Crippen molar-refractivity contribution in [2.75, 3.05) is 31.5 Å². The van der Waals surface area contributed by atoms with Gasteiger partial charge in [-0.3, -0.25) is 14.4 Å². The Morgan fingerprint density at radius 3 is 2.36 bits per heavy atom. The molecule has 1 aliphatic carbocycles. The third kappa shape index (κ3) is 2.69. The average Bonchev–Trinajstić information content (AvgIpc) is 3.42. The number of nitrogens with zero attached hydrogens (tertiary/aromatic N) is 2. The van der Waals surface area contributed by atoms with E-state index in [1.165, 1.54) is 0 Å². The van der Waals surface area contributed by atoms with Gasteiger partial charge in [-0.1, -0.05) is 0 Å². The van der Waals surface area contributed by atoms with E-state index in [0.29, 0.717) is 31.7 Å². The molecule has 1 aromatic carbocycles. The molecule has 6 heteroatoms. The monoisotopic (exact) mass is 341 g/mol. The number of fused-ring (bicyclic) bond motifs is 1. The fraction of sp³-hybridized carbons (Fsp3) is 0.526. The van der Waals surface area contributed by atoms with Crippen molar-refractivity contribution in [2.45, 2.75) is 32.1 Å². The van der Waals surface area contributed by atoms with Gasteiger partial charge in [-0.15, -0.1) is 0 Å². The van der Waals surface area contributed by atoms with Gasteiger partial charge in [-0.05, 0) is 50.5 Å². The Hall–Kier alpha value is -2.37. The van der Waals surface area contributed by atoms with Crippen LogP contribution in [0.2, 0.25) is 0 Å². The minimum absolute atomic E-state index is 0.0310. The molecule has 2 fully saturated rings. The first kappa shape index (κ1) is 16.1. The predicted octanol–water partition coefficient (Wildman–Crippen LogP) is 1.61. The lowest BCUT2D eigenvalue weighted by Crippen LogP contribution is -2.51. The van der Waals surface area contributed by atoms with Crippen molar-refractivity contribution in [3.8, 4) is 0 Å². The molecule has 0 aromatic heterocycles. The zero-order chi connectivity index (χ0) is 17.8. The van der Waals surface area contributed by atoms with Crippen LogP contribution in [0.15, 0.2) is 18.2 Å². The van der Waals surface area contributed by atoms with Crippen LogP contribution in [0.3, 0.4) is 0 Å². The van der Waals surface area contributed by atoms with E-state index in [2.05, 4.69) is 5.32 Å². The smallest absolute Gasteiger partial charge is 0.253 e. The Balaban J connectivity index is 1.47. The molecule has 1 saturated heterocycles. The zero-order valence-electron chi connectivity index (χ0n) is 14.7. The molecule has 0 unspecified atom stereocenters. The number of carbonyl (C=O) groups is 3. The summed E-state index contributed by atoms with van der Waals surface area (Å²) in [5.74, 6) is 0.401. The molecule has 132 valence electrons. The Labute approximate surface area is 147 Å². The summed E-state index contributed by atoms with van der Waals surface area (Å²) in [4.78, 5) is 40.7. The summed E-state index contributed by atoms with van der Waals surface area (Å²) in [5.41, 5.74) is 1.63. The number of rotatable bonds is 2. The van der Waals surface area contributed by atoms with Crippen LogP contribution in [0.1, 0.15) is 42.6 Å². The molecule has 6 nitrogen and oxygen atoms in total. The molecule has 1 N–H and O–H groups in total. The lowest BCUT2D eigenvalue weighted by Gasteiger charge is -2.35. The van der Waals surface area contributed by atoms with Gasteiger partial charge in [0, 0.05) is 43.3 Å². The summed E-state index contributed by atoms with van der Waals surface area (Å²) in [6.07, 6.45) is 2.02. The number of hydrogen-bond donors (Lipinski definition) is 1. The number of carbonyl (C=O) groups excluding carboxylic acids is 3. The Morgan fingerprint density at radius 1 is 1.08 bits per heavy atom. The Morgan fingerprint density at radius 2 is 1.72 bits per heavy atom. The summed E-state index contributed by atoms with van der Waals surface area (Å²) >= 11 is 0. The summed E-state index contributed by atoms with van der Waals surface area (Å²) < 4.78 is 0. The van der Waals surface area contributed by atoms with Crippen LogP contribution in [-0.2, 0) is 15.0 Å². The van der Waals surface area contributed by atoms with Gasteiger partial charge in [0.25, 0.3) is 5.91 Å². The third-order valence-corrected chi connectivity index (χ3v) is 5.56. The van der Waals surface area contributed by atoms with Gasteiger partial charge < -0.3 is 15.1 Å². The SMILES string of the molecule is CC1(C)C(=O)Nc2ccc(C(=O)N3CCN(C(=O)C4CC4)CC3)cc21. The molecular formula is C19H23N3O3. The van der Waals surface area contributed by atoms with Crippen molar-refractivity contribution in [1.29, 1.82) is 0 Å². The molecule has 3 aliphatic rings. The van der Waals surface area contributed by atoms with Gasteiger partial charge in [-0.2, -0.15) is 0 Å². The number of nitrogens with one attached hydrogen (secondary N) is 1. The van der Waals surface area contributed by atoms with E-state index in [9.17, 15) is 14.4 Å². The average molecular weight is 341 g/mol. The first-order valence-corrected chi connectivity index (χ1v) is 8.92. The van der Waals surface area contributed by atoms with Crippen LogP contribution in [0.25, 0.3) is 0 Å². The van der Waals surface area contributed by atoms with Crippen LogP contribution >= 0.6 is 0 Å². The first-order chi connectivity index (χ1) is 11.9. The molecule has 2 aliphatic heterocycles. The molecule has 0 atom stereocenters. The standard InChI is InChI=1S/C19H23N3O3/c1-19(2)14-11-13(5-6-15(14)20-18(19)25)17(24)22-9-7-21(8-10-22)16(23)12-3-4-12/h5-6,11-12H,3-4,7-10H2,1-2H3,(H,20,25).